The van der Waals surface area contributed by atoms with Crippen LogP contribution in [0.5, 0.6) is 0 Å². The lowest BCUT2D eigenvalue weighted by atomic mass is 10.2. The molecule has 1 N–H and O–H groups in total. The second-order valence-electron chi connectivity index (χ2n) is 6.05. The zero-order chi connectivity index (χ0) is 20.3. The highest BCUT2D eigenvalue weighted by atomic mass is 32.2. The van der Waals surface area contributed by atoms with E-state index in [1.165, 1.54) is 43.3 Å². The third-order valence-electron chi connectivity index (χ3n) is 4.13. The minimum Gasteiger partial charge on any atom is -0.462 e. The topological polar surface area (TPSA) is 92.8 Å². The lowest BCUT2D eigenvalue weighted by Gasteiger charge is -2.28. The summed E-state index contributed by atoms with van der Waals surface area (Å²) in [6.45, 7) is 3.98. The van der Waals surface area contributed by atoms with Gasteiger partial charge in [-0.25, -0.2) is 13.2 Å². The Morgan fingerprint density at radius 2 is 1.89 bits per heavy atom. The Balaban J connectivity index is 1.84. The van der Waals surface area contributed by atoms with Gasteiger partial charge in [0.1, 0.15) is 0 Å². The van der Waals surface area contributed by atoms with Crippen LogP contribution in [0.15, 0.2) is 52.3 Å². The highest BCUT2D eigenvalue weighted by Crippen LogP contribution is 2.36. The summed E-state index contributed by atoms with van der Waals surface area (Å²) < 4.78 is 32.9. The first-order chi connectivity index (χ1) is 13.3. The van der Waals surface area contributed by atoms with Gasteiger partial charge in [-0.2, -0.15) is 0 Å². The molecule has 1 aliphatic rings. The van der Waals surface area contributed by atoms with E-state index < -0.39 is 16.0 Å². The van der Waals surface area contributed by atoms with E-state index >= 15 is 0 Å². The van der Waals surface area contributed by atoms with Crippen molar-refractivity contribution in [3.05, 3.63) is 48.0 Å². The Bertz CT molecular complexity index is 1000. The van der Waals surface area contributed by atoms with Crippen LogP contribution in [-0.4, -0.2) is 39.2 Å². The normalized spacial score (nSPS) is 13.6. The maximum atomic E-state index is 12.8. The summed E-state index contributed by atoms with van der Waals surface area (Å²) in [5.74, 6) is 0.177. The summed E-state index contributed by atoms with van der Waals surface area (Å²) in [7, 11) is -3.85. The molecular weight excluding hydrogens is 400 g/mol. The summed E-state index contributed by atoms with van der Waals surface area (Å²) in [4.78, 5) is 26.1. The van der Waals surface area contributed by atoms with E-state index in [-0.39, 0.29) is 17.4 Å². The van der Waals surface area contributed by atoms with Crippen molar-refractivity contribution in [1.82, 2.24) is 0 Å². The minimum atomic E-state index is -3.85. The Labute approximate surface area is 168 Å². The highest BCUT2D eigenvalue weighted by molar-refractivity contribution is 7.99. The van der Waals surface area contributed by atoms with E-state index in [9.17, 15) is 18.0 Å². The Morgan fingerprint density at radius 3 is 2.54 bits per heavy atom. The number of hydrogen-bond acceptors (Lipinski definition) is 6. The Kier molecular flexibility index (Phi) is 5.95. The van der Waals surface area contributed by atoms with Gasteiger partial charge in [0, 0.05) is 29.8 Å². The van der Waals surface area contributed by atoms with Gasteiger partial charge in [-0.05, 0) is 49.4 Å². The van der Waals surface area contributed by atoms with Crippen molar-refractivity contribution in [3.8, 4) is 0 Å². The summed E-state index contributed by atoms with van der Waals surface area (Å²) in [6, 6.07) is 10.7. The molecule has 0 saturated heterocycles. The molecular formula is C19H20N2O5S2. The SMILES string of the molecule is CCOC(=O)c1ccc(NS(=O)(=O)c2ccc3c(c2)N(C(C)=O)CCS3)cc1. The number of benzene rings is 2. The molecule has 0 unspecified atom stereocenters. The van der Waals surface area contributed by atoms with E-state index in [1.54, 1.807) is 29.7 Å². The average Bonchev–Trinajstić information content (AvgIpc) is 2.67. The van der Waals surface area contributed by atoms with Crippen LogP contribution in [0, 0.1) is 0 Å². The zero-order valence-corrected chi connectivity index (χ0v) is 17.1. The summed E-state index contributed by atoms with van der Waals surface area (Å²) >= 11 is 1.59. The van der Waals surface area contributed by atoms with Crippen molar-refractivity contribution in [2.24, 2.45) is 0 Å². The predicted molar refractivity (Wildman–Crippen MR) is 108 cm³/mol. The smallest absolute Gasteiger partial charge is 0.338 e. The van der Waals surface area contributed by atoms with Gasteiger partial charge in [0.05, 0.1) is 22.8 Å². The van der Waals surface area contributed by atoms with Gasteiger partial charge >= 0.3 is 5.97 Å². The third-order valence-corrected chi connectivity index (χ3v) is 6.55. The Hall–Kier alpha value is -2.52. The van der Waals surface area contributed by atoms with Gasteiger partial charge < -0.3 is 9.64 Å². The van der Waals surface area contributed by atoms with Crippen LogP contribution in [0.3, 0.4) is 0 Å². The minimum absolute atomic E-state index is 0.0643. The maximum absolute atomic E-state index is 12.8. The molecule has 28 heavy (non-hydrogen) atoms. The fraction of sp³-hybridized carbons (Fsp3) is 0.263. The standard InChI is InChI=1S/C19H20N2O5S2/c1-3-26-19(23)14-4-6-15(7-5-14)20-28(24,25)16-8-9-18-17(12-16)21(13(2)22)10-11-27-18/h4-9,12,20H,3,10-11H2,1-2H3. The number of rotatable bonds is 5. The van der Waals surface area contributed by atoms with Crippen LogP contribution in [0.1, 0.15) is 24.2 Å². The van der Waals surface area contributed by atoms with Gasteiger partial charge in [-0.3, -0.25) is 9.52 Å². The first-order valence-corrected chi connectivity index (χ1v) is 11.1. The van der Waals surface area contributed by atoms with Crippen molar-refractivity contribution in [3.63, 3.8) is 0 Å². The molecule has 0 spiro atoms. The number of amides is 1. The van der Waals surface area contributed by atoms with E-state index in [2.05, 4.69) is 4.72 Å². The number of hydrogen-bond donors (Lipinski definition) is 1. The van der Waals surface area contributed by atoms with Gasteiger partial charge in [-0.15, -0.1) is 11.8 Å². The summed E-state index contributed by atoms with van der Waals surface area (Å²) in [5, 5.41) is 0. The summed E-state index contributed by atoms with van der Waals surface area (Å²) in [6.07, 6.45) is 0. The second kappa shape index (κ2) is 8.24. The number of thioether (sulfide) groups is 1. The third kappa shape index (κ3) is 4.31. The van der Waals surface area contributed by atoms with Gasteiger partial charge in [0.25, 0.3) is 10.0 Å². The van der Waals surface area contributed by atoms with Crippen LogP contribution in [0.25, 0.3) is 0 Å². The van der Waals surface area contributed by atoms with Crippen LogP contribution in [-0.2, 0) is 19.6 Å². The zero-order valence-electron chi connectivity index (χ0n) is 15.5. The van der Waals surface area contributed by atoms with Crippen molar-refractivity contribution in [1.29, 1.82) is 0 Å². The van der Waals surface area contributed by atoms with Gasteiger partial charge in [-0.1, -0.05) is 0 Å². The summed E-state index contributed by atoms with van der Waals surface area (Å²) in [5.41, 5.74) is 1.26. The molecule has 0 bridgehead atoms. The van der Waals surface area contributed by atoms with E-state index in [0.29, 0.717) is 23.5 Å². The number of sulfonamides is 1. The quantitative estimate of drug-likeness (QED) is 0.747. The molecule has 2 aromatic carbocycles. The average molecular weight is 421 g/mol. The highest BCUT2D eigenvalue weighted by Gasteiger charge is 2.24. The lowest BCUT2D eigenvalue weighted by Crippen LogP contribution is -2.33. The van der Waals surface area contributed by atoms with Gasteiger partial charge in [0.2, 0.25) is 5.91 Å². The monoisotopic (exact) mass is 420 g/mol. The van der Waals surface area contributed by atoms with Crippen molar-refractivity contribution in [2.75, 3.05) is 28.5 Å². The first-order valence-electron chi connectivity index (χ1n) is 8.67. The number of anilines is 2. The molecule has 0 radical (unpaired) electrons. The molecule has 1 amide bonds. The largest absolute Gasteiger partial charge is 0.462 e. The number of nitrogens with zero attached hydrogens (tertiary/aromatic N) is 1. The lowest BCUT2D eigenvalue weighted by molar-refractivity contribution is -0.116. The fourth-order valence-electron chi connectivity index (χ4n) is 2.79. The van der Waals surface area contributed by atoms with E-state index in [0.717, 1.165) is 10.6 Å². The number of ether oxygens (including phenoxy) is 1. The van der Waals surface area contributed by atoms with Crippen molar-refractivity contribution in [2.45, 2.75) is 23.6 Å². The molecule has 2 aromatic rings. The molecule has 7 nitrogen and oxygen atoms in total. The fourth-order valence-corrected chi connectivity index (χ4v) is 4.85. The predicted octanol–water partition coefficient (Wildman–Crippen LogP) is 3.12. The molecule has 0 atom stereocenters. The van der Waals surface area contributed by atoms with E-state index in [1.807, 2.05) is 0 Å². The molecule has 1 heterocycles. The molecule has 3 rings (SSSR count). The molecule has 9 heteroatoms. The second-order valence-corrected chi connectivity index (χ2v) is 8.87. The molecule has 0 aliphatic carbocycles. The van der Waals surface area contributed by atoms with Crippen molar-refractivity contribution < 1.29 is 22.7 Å². The molecule has 0 fully saturated rings. The van der Waals surface area contributed by atoms with Crippen LogP contribution < -0.4 is 9.62 Å². The van der Waals surface area contributed by atoms with Crippen LogP contribution >= 0.6 is 11.8 Å². The van der Waals surface area contributed by atoms with E-state index in [4.69, 9.17) is 4.74 Å². The molecule has 0 aromatic heterocycles. The number of fused-ring (bicyclic) bond motifs is 1. The number of nitrogens with one attached hydrogen (secondary N) is 1. The number of esters is 1. The van der Waals surface area contributed by atoms with Crippen LogP contribution in [0.2, 0.25) is 0 Å². The molecule has 0 saturated carbocycles. The van der Waals surface area contributed by atoms with Gasteiger partial charge in [0.15, 0.2) is 0 Å². The maximum Gasteiger partial charge on any atom is 0.338 e. The Morgan fingerprint density at radius 1 is 1.18 bits per heavy atom. The number of carbonyl (C=O) groups is 2. The van der Waals surface area contributed by atoms with Crippen LogP contribution in [0.4, 0.5) is 11.4 Å². The van der Waals surface area contributed by atoms with Crippen molar-refractivity contribution >= 4 is 45.0 Å². The number of carbonyl (C=O) groups excluding carboxylic acids is 2. The molecule has 148 valence electrons. The molecule has 1 aliphatic heterocycles. The first kappa shape index (κ1) is 20.2.